The molecule has 1 heterocycles. The largest absolute Gasteiger partial charge is 0.355 e. The van der Waals surface area contributed by atoms with Crippen LogP contribution in [0.1, 0.15) is 26.7 Å². The summed E-state index contributed by atoms with van der Waals surface area (Å²) in [4.78, 5) is 14.2. The van der Waals surface area contributed by atoms with Crippen LogP contribution >= 0.6 is 0 Å². The minimum atomic E-state index is -3.87. The molecule has 1 aliphatic heterocycles. The zero-order chi connectivity index (χ0) is 20.2. The molecular weight excluding hydrogens is 369 g/mol. The van der Waals surface area contributed by atoms with E-state index >= 15 is 0 Å². The van der Waals surface area contributed by atoms with Crippen molar-refractivity contribution in [3.8, 4) is 0 Å². The molecule has 0 radical (unpaired) electrons. The molecule has 1 N–H and O–H groups in total. The highest BCUT2D eigenvalue weighted by Gasteiger charge is 2.33. The van der Waals surface area contributed by atoms with Crippen LogP contribution in [0.2, 0.25) is 0 Å². The van der Waals surface area contributed by atoms with Crippen LogP contribution in [0.3, 0.4) is 0 Å². The lowest BCUT2D eigenvalue weighted by atomic mass is 9.91. The summed E-state index contributed by atoms with van der Waals surface area (Å²) in [6.45, 7) is 6.05. The Hall–Kier alpha value is -1.51. The van der Waals surface area contributed by atoms with Crippen LogP contribution in [0.25, 0.3) is 0 Å². The summed E-state index contributed by atoms with van der Waals surface area (Å²) in [6.07, 6.45) is 0.876. The second-order valence-electron chi connectivity index (χ2n) is 8.23. The van der Waals surface area contributed by atoms with Crippen LogP contribution in [0.5, 0.6) is 0 Å². The highest BCUT2D eigenvalue weighted by Crippen LogP contribution is 2.25. The summed E-state index contributed by atoms with van der Waals surface area (Å²) in [5.74, 6) is -1.00. The topological polar surface area (TPSA) is 69.7 Å². The Morgan fingerprint density at radius 3 is 2.41 bits per heavy atom. The van der Waals surface area contributed by atoms with E-state index in [9.17, 15) is 17.6 Å². The van der Waals surface area contributed by atoms with E-state index in [4.69, 9.17) is 0 Å². The normalized spacial score (nSPS) is 17.3. The third-order valence-corrected chi connectivity index (χ3v) is 6.70. The number of nitrogens with zero attached hydrogens (tertiary/aromatic N) is 2. The number of hydrogen-bond acceptors (Lipinski definition) is 4. The standard InChI is InChI=1S/C19H30FN3O3S/c1-19(2,14-22(3)4)13-21-18(24)15-9-11-23(12-10-15)27(25,26)17-8-6-5-7-16(17)20/h5-8,15H,9-14H2,1-4H3,(H,21,24). The van der Waals surface area contributed by atoms with E-state index in [-0.39, 0.29) is 35.2 Å². The summed E-state index contributed by atoms with van der Waals surface area (Å²) < 4.78 is 40.4. The number of carbonyl (C=O) groups is 1. The van der Waals surface area contributed by atoms with Crippen molar-refractivity contribution < 1.29 is 17.6 Å². The van der Waals surface area contributed by atoms with Crippen molar-refractivity contribution >= 4 is 15.9 Å². The van der Waals surface area contributed by atoms with Crippen LogP contribution < -0.4 is 5.32 Å². The van der Waals surface area contributed by atoms with Crippen molar-refractivity contribution in [2.75, 3.05) is 40.3 Å². The maximum atomic E-state index is 13.9. The molecule has 1 saturated heterocycles. The molecule has 2 rings (SSSR count). The maximum Gasteiger partial charge on any atom is 0.245 e. The molecule has 1 aromatic carbocycles. The minimum absolute atomic E-state index is 0.0372. The molecule has 1 amide bonds. The molecule has 0 unspecified atom stereocenters. The van der Waals surface area contributed by atoms with Crippen molar-refractivity contribution in [2.45, 2.75) is 31.6 Å². The first-order chi connectivity index (χ1) is 12.5. The molecule has 1 fully saturated rings. The zero-order valence-electron chi connectivity index (χ0n) is 16.5. The molecule has 152 valence electrons. The maximum absolute atomic E-state index is 13.9. The molecule has 0 aromatic heterocycles. The molecule has 0 saturated carbocycles. The number of benzene rings is 1. The van der Waals surface area contributed by atoms with Gasteiger partial charge in [-0.15, -0.1) is 0 Å². The lowest BCUT2D eigenvalue weighted by Crippen LogP contribution is -2.46. The Morgan fingerprint density at radius 1 is 1.26 bits per heavy atom. The van der Waals surface area contributed by atoms with Gasteiger partial charge < -0.3 is 10.2 Å². The average molecular weight is 400 g/mol. The minimum Gasteiger partial charge on any atom is -0.355 e. The van der Waals surface area contributed by atoms with Crippen molar-refractivity contribution in [3.63, 3.8) is 0 Å². The van der Waals surface area contributed by atoms with Gasteiger partial charge in [0.05, 0.1) is 0 Å². The first-order valence-electron chi connectivity index (χ1n) is 9.20. The fourth-order valence-corrected chi connectivity index (χ4v) is 5.07. The SMILES string of the molecule is CN(C)CC(C)(C)CNC(=O)C1CCN(S(=O)(=O)c2ccccc2F)CC1. The van der Waals surface area contributed by atoms with Crippen molar-refractivity contribution in [3.05, 3.63) is 30.1 Å². The summed E-state index contributed by atoms with van der Waals surface area (Å²) >= 11 is 0. The Morgan fingerprint density at radius 2 is 1.85 bits per heavy atom. The smallest absolute Gasteiger partial charge is 0.245 e. The first-order valence-corrected chi connectivity index (χ1v) is 10.6. The molecule has 27 heavy (non-hydrogen) atoms. The number of carbonyl (C=O) groups excluding carboxylic acids is 1. The molecule has 1 aliphatic rings. The fourth-order valence-electron chi connectivity index (χ4n) is 3.53. The molecule has 8 heteroatoms. The lowest BCUT2D eigenvalue weighted by Gasteiger charge is -2.32. The number of amides is 1. The molecule has 1 aromatic rings. The highest BCUT2D eigenvalue weighted by atomic mass is 32.2. The molecule has 6 nitrogen and oxygen atoms in total. The Balaban J connectivity index is 1.91. The number of sulfonamides is 1. The van der Waals surface area contributed by atoms with E-state index in [2.05, 4.69) is 24.1 Å². The van der Waals surface area contributed by atoms with Crippen molar-refractivity contribution in [2.24, 2.45) is 11.3 Å². The first kappa shape index (κ1) is 21.8. The Kier molecular flexibility index (Phi) is 6.99. The Labute approximate surface area is 161 Å². The van der Waals surface area contributed by atoms with Crippen molar-refractivity contribution in [1.29, 1.82) is 0 Å². The zero-order valence-corrected chi connectivity index (χ0v) is 17.4. The van der Waals surface area contributed by atoms with Crippen LogP contribution in [0, 0.1) is 17.2 Å². The third kappa shape index (κ3) is 5.73. The number of nitrogens with one attached hydrogen (secondary N) is 1. The monoisotopic (exact) mass is 399 g/mol. The number of piperidine rings is 1. The molecule has 0 atom stereocenters. The second kappa shape index (κ2) is 8.67. The highest BCUT2D eigenvalue weighted by molar-refractivity contribution is 7.89. The van der Waals surface area contributed by atoms with E-state index in [1.54, 1.807) is 0 Å². The molecular formula is C19H30FN3O3S. The van der Waals surface area contributed by atoms with Crippen LogP contribution in [-0.4, -0.2) is 63.8 Å². The third-order valence-electron chi connectivity index (χ3n) is 4.76. The van der Waals surface area contributed by atoms with E-state index in [1.807, 2.05) is 14.1 Å². The number of halogens is 1. The number of hydrogen-bond donors (Lipinski definition) is 1. The molecule has 0 bridgehead atoms. The van der Waals surface area contributed by atoms with Gasteiger partial charge in [-0.3, -0.25) is 4.79 Å². The van der Waals surface area contributed by atoms with Gasteiger partial charge in [0, 0.05) is 32.1 Å². The summed E-state index contributed by atoms with van der Waals surface area (Å²) in [7, 11) is 0.121. The second-order valence-corrected chi connectivity index (χ2v) is 10.1. The van der Waals surface area contributed by atoms with Gasteiger partial charge in [-0.2, -0.15) is 4.31 Å². The number of rotatable bonds is 7. The van der Waals surface area contributed by atoms with Gasteiger partial charge >= 0.3 is 0 Å². The van der Waals surface area contributed by atoms with E-state index in [0.717, 1.165) is 12.6 Å². The van der Waals surface area contributed by atoms with Gasteiger partial charge in [-0.1, -0.05) is 26.0 Å². The predicted octanol–water partition coefficient (Wildman–Crippen LogP) is 1.93. The molecule has 0 aliphatic carbocycles. The van der Waals surface area contributed by atoms with Gasteiger partial charge in [0.15, 0.2) is 0 Å². The quantitative estimate of drug-likeness (QED) is 0.761. The van der Waals surface area contributed by atoms with E-state index < -0.39 is 15.8 Å². The van der Waals surface area contributed by atoms with Crippen LogP contribution in [0.4, 0.5) is 4.39 Å². The predicted molar refractivity (Wildman–Crippen MR) is 103 cm³/mol. The van der Waals surface area contributed by atoms with Gasteiger partial charge in [-0.25, -0.2) is 12.8 Å². The summed E-state index contributed by atoms with van der Waals surface area (Å²) in [5.41, 5.74) is -0.0476. The summed E-state index contributed by atoms with van der Waals surface area (Å²) in [5, 5.41) is 3.00. The van der Waals surface area contributed by atoms with Gasteiger partial charge in [0.1, 0.15) is 10.7 Å². The average Bonchev–Trinajstić information content (AvgIpc) is 2.59. The Bertz CT molecular complexity index is 757. The lowest BCUT2D eigenvalue weighted by molar-refractivity contribution is -0.126. The van der Waals surface area contributed by atoms with E-state index in [0.29, 0.717) is 19.4 Å². The summed E-state index contributed by atoms with van der Waals surface area (Å²) in [6, 6.07) is 5.38. The van der Waals surface area contributed by atoms with E-state index in [1.165, 1.54) is 22.5 Å². The van der Waals surface area contributed by atoms with Crippen LogP contribution in [0.15, 0.2) is 29.2 Å². The van der Waals surface area contributed by atoms with Gasteiger partial charge in [-0.05, 0) is 44.5 Å². The van der Waals surface area contributed by atoms with Crippen LogP contribution in [-0.2, 0) is 14.8 Å². The molecule has 0 spiro atoms. The van der Waals surface area contributed by atoms with Crippen molar-refractivity contribution in [1.82, 2.24) is 14.5 Å². The van der Waals surface area contributed by atoms with Gasteiger partial charge in [0.25, 0.3) is 0 Å². The fraction of sp³-hybridized carbons (Fsp3) is 0.632. The van der Waals surface area contributed by atoms with Gasteiger partial charge in [0.2, 0.25) is 15.9 Å².